The molecular weight excluding hydrogens is 470 g/mol. The first-order valence-electron chi connectivity index (χ1n) is 10.6. The van der Waals surface area contributed by atoms with Crippen LogP contribution in [-0.4, -0.2) is 28.8 Å². The lowest BCUT2D eigenvalue weighted by Gasteiger charge is -2.11. The normalized spacial score (nSPS) is 13.8. The first-order valence-corrected chi connectivity index (χ1v) is 10.6. The van der Waals surface area contributed by atoms with Crippen LogP contribution in [0.25, 0.3) is 6.08 Å². The van der Waals surface area contributed by atoms with Gasteiger partial charge in [-0.3, -0.25) is 20.2 Å². The molecule has 0 saturated heterocycles. The Morgan fingerprint density at radius 1 is 0.972 bits per heavy atom. The molecule has 0 N–H and O–H groups in total. The van der Waals surface area contributed by atoms with Gasteiger partial charge in [-0.1, -0.05) is 12.1 Å². The summed E-state index contributed by atoms with van der Waals surface area (Å²) in [5, 5.41) is 22.0. The number of carbonyl (C=O) groups excluding carboxylic acids is 1. The van der Waals surface area contributed by atoms with E-state index in [-0.39, 0.29) is 29.6 Å². The van der Waals surface area contributed by atoms with Crippen LogP contribution in [-0.2, 0) is 16.1 Å². The molecule has 1 aliphatic heterocycles. The van der Waals surface area contributed by atoms with E-state index in [0.717, 1.165) is 5.56 Å². The highest BCUT2D eigenvalue weighted by Gasteiger charge is 2.26. The second-order valence-corrected chi connectivity index (χ2v) is 7.72. The van der Waals surface area contributed by atoms with Gasteiger partial charge in [0.25, 0.3) is 11.4 Å². The van der Waals surface area contributed by atoms with Crippen molar-refractivity contribution in [3.8, 4) is 11.5 Å². The smallest absolute Gasteiger partial charge is 0.363 e. The van der Waals surface area contributed by atoms with E-state index in [9.17, 15) is 25.0 Å². The van der Waals surface area contributed by atoms with Crippen LogP contribution >= 0.6 is 0 Å². The van der Waals surface area contributed by atoms with E-state index in [1.165, 1.54) is 31.4 Å². The van der Waals surface area contributed by atoms with E-state index >= 15 is 0 Å². The molecule has 0 atom stereocenters. The molecule has 3 aromatic rings. The summed E-state index contributed by atoms with van der Waals surface area (Å²) in [5.41, 5.74) is 2.03. The number of rotatable bonds is 8. The summed E-state index contributed by atoms with van der Waals surface area (Å²) in [6.07, 6.45) is 1.50. The summed E-state index contributed by atoms with van der Waals surface area (Å²) in [5.74, 6) is 0.120. The minimum Gasteiger partial charge on any atom is -0.493 e. The molecule has 0 aliphatic carbocycles. The van der Waals surface area contributed by atoms with Crippen LogP contribution in [0.3, 0.4) is 0 Å². The van der Waals surface area contributed by atoms with Crippen molar-refractivity contribution in [2.24, 2.45) is 4.99 Å². The van der Waals surface area contributed by atoms with Crippen LogP contribution in [0.15, 0.2) is 71.4 Å². The van der Waals surface area contributed by atoms with Crippen molar-refractivity contribution in [3.05, 3.63) is 109 Å². The first kappa shape index (κ1) is 24.1. The van der Waals surface area contributed by atoms with Gasteiger partial charge in [-0.2, -0.15) is 0 Å². The number of carbonyl (C=O) groups is 1. The Balaban J connectivity index is 1.53. The van der Waals surface area contributed by atoms with Gasteiger partial charge in [-0.15, -0.1) is 0 Å². The summed E-state index contributed by atoms with van der Waals surface area (Å²) in [6.45, 7) is 1.78. The molecule has 0 saturated carbocycles. The molecular formula is C25H19N3O8. The van der Waals surface area contributed by atoms with Gasteiger partial charge >= 0.3 is 5.97 Å². The average molecular weight is 489 g/mol. The molecule has 3 aromatic carbocycles. The highest BCUT2D eigenvalue weighted by molar-refractivity contribution is 6.13. The van der Waals surface area contributed by atoms with Crippen LogP contribution in [0, 0.1) is 27.2 Å². The molecule has 4 rings (SSSR count). The average Bonchev–Trinajstić information content (AvgIpc) is 3.23. The molecule has 0 bridgehead atoms. The molecule has 0 radical (unpaired) electrons. The van der Waals surface area contributed by atoms with Crippen LogP contribution in [0.1, 0.15) is 22.3 Å². The number of non-ortho nitro benzene ring substituents is 1. The third-order valence-corrected chi connectivity index (χ3v) is 5.31. The highest BCUT2D eigenvalue weighted by atomic mass is 16.6. The number of nitrogens with zero attached hydrogens (tertiary/aromatic N) is 3. The maximum absolute atomic E-state index is 12.4. The first-order chi connectivity index (χ1) is 17.2. The molecule has 0 unspecified atom stereocenters. The number of nitro benzene ring substituents is 2. The van der Waals surface area contributed by atoms with Crippen molar-refractivity contribution < 1.29 is 28.9 Å². The Bertz CT molecular complexity index is 1430. The Kier molecular flexibility index (Phi) is 6.72. The van der Waals surface area contributed by atoms with Gasteiger partial charge in [-0.25, -0.2) is 9.79 Å². The summed E-state index contributed by atoms with van der Waals surface area (Å²) >= 11 is 0. The van der Waals surface area contributed by atoms with Crippen LogP contribution < -0.4 is 9.47 Å². The van der Waals surface area contributed by atoms with Crippen LogP contribution in [0.5, 0.6) is 11.5 Å². The maximum Gasteiger partial charge on any atom is 0.363 e. The maximum atomic E-state index is 12.4. The quantitative estimate of drug-likeness (QED) is 0.191. The van der Waals surface area contributed by atoms with E-state index in [0.29, 0.717) is 28.2 Å². The predicted octanol–water partition coefficient (Wildman–Crippen LogP) is 4.74. The van der Waals surface area contributed by atoms with Crippen molar-refractivity contribution in [2.45, 2.75) is 13.5 Å². The number of aryl methyl sites for hydroxylation is 1. The number of hydrogen-bond acceptors (Lipinski definition) is 9. The zero-order chi connectivity index (χ0) is 25.8. The number of ether oxygens (including phenoxy) is 3. The second-order valence-electron chi connectivity index (χ2n) is 7.72. The van der Waals surface area contributed by atoms with Crippen LogP contribution in [0.2, 0.25) is 0 Å². The summed E-state index contributed by atoms with van der Waals surface area (Å²) in [6, 6.07) is 15.5. The number of hydrogen-bond donors (Lipinski definition) is 0. The largest absolute Gasteiger partial charge is 0.493 e. The number of benzene rings is 3. The molecule has 36 heavy (non-hydrogen) atoms. The fourth-order valence-electron chi connectivity index (χ4n) is 3.40. The van der Waals surface area contributed by atoms with Gasteiger partial charge in [0.15, 0.2) is 17.2 Å². The van der Waals surface area contributed by atoms with Crippen LogP contribution in [0.4, 0.5) is 11.4 Å². The van der Waals surface area contributed by atoms with E-state index in [2.05, 4.69) is 4.99 Å². The van der Waals surface area contributed by atoms with Gasteiger partial charge in [0.2, 0.25) is 5.90 Å². The Morgan fingerprint density at radius 2 is 1.72 bits per heavy atom. The monoisotopic (exact) mass is 489 g/mol. The van der Waals surface area contributed by atoms with E-state index < -0.39 is 15.8 Å². The molecule has 11 heteroatoms. The van der Waals surface area contributed by atoms with Gasteiger partial charge in [-0.05, 0) is 54.5 Å². The Labute approximate surface area is 204 Å². The standard InChI is InChI=1S/C25H19N3O8/c1-15-3-7-18(13-21(15)28(32)33)24-26-20(25(29)36-24)11-17-6-10-22(23(12-17)34-2)35-14-16-4-8-19(9-5-16)27(30)31/h3-13H,14H2,1-2H3/b20-11-. The lowest BCUT2D eigenvalue weighted by atomic mass is 10.1. The second kappa shape index (κ2) is 10.1. The number of methoxy groups -OCH3 is 1. The highest BCUT2D eigenvalue weighted by Crippen LogP contribution is 2.31. The summed E-state index contributed by atoms with van der Waals surface area (Å²) in [4.78, 5) is 37.6. The van der Waals surface area contributed by atoms with Crippen molar-refractivity contribution in [1.29, 1.82) is 0 Å². The summed E-state index contributed by atoms with van der Waals surface area (Å²) in [7, 11) is 1.47. The number of esters is 1. The lowest BCUT2D eigenvalue weighted by Crippen LogP contribution is -2.06. The molecule has 1 heterocycles. The SMILES string of the molecule is COc1cc(/C=C2\N=C(c3ccc(C)c([N+](=O)[O-])c3)OC2=O)ccc1OCc1ccc([N+](=O)[O-])cc1. The zero-order valence-electron chi connectivity index (χ0n) is 19.2. The molecule has 0 spiro atoms. The molecule has 0 aromatic heterocycles. The van der Waals surface area contributed by atoms with Gasteiger partial charge in [0, 0.05) is 29.3 Å². The van der Waals surface area contributed by atoms with E-state index in [1.807, 2.05) is 0 Å². The van der Waals surface area contributed by atoms with Crippen molar-refractivity contribution in [2.75, 3.05) is 7.11 Å². The topological polar surface area (TPSA) is 143 Å². The molecule has 182 valence electrons. The molecule has 1 aliphatic rings. The molecule has 0 amide bonds. The van der Waals surface area contributed by atoms with E-state index in [1.54, 1.807) is 49.4 Å². The predicted molar refractivity (Wildman–Crippen MR) is 129 cm³/mol. The van der Waals surface area contributed by atoms with Crippen molar-refractivity contribution in [1.82, 2.24) is 0 Å². The van der Waals surface area contributed by atoms with Gasteiger partial charge in [0.05, 0.1) is 17.0 Å². The molecule has 0 fully saturated rings. The van der Waals surface area contributed by atoms with E-state index in [4.69, 9.17) is 14.2 Å². The molecule has 11 nitrogen and oxygen atoms in total. The van der Waals surface area contributed by atoms with Gasteiger partial charge in [0.1, 0.15) is 6.61 Å². The van der Waals surface area contributed by atoms with Gasteiger partial charge < -0.3 is 14.2 Å². The van der Waals surface area contributed by atoms with Crippen molar-refractivity contribution in [3.63, 3.8) is 0 Å². The number of nitro groups is 2. The Hall–Kier alpha value is -5.06. The Morgan fingerprint density at radius 3 is 2.39 bits per heavy atom. The minimum atomic E-state index is -0.689. The lowest BCUT2D eigenvalue weighted by molar-refractivity contribution is -0.385. The summed E-state index contributed by atoms with van der Waals surface area (Å²) < 4.78 is 16.4. The zero-order valence-corrected chi connectivity index (χ0v) is 19.2. The minimum absolute atomic E-state index is 0.00872. The third-order valence-electron chi connectivity index (χ3n) is 5.31. The van der Waals surface area contributed by atoms with Crippen molar-refractivity contribution >= 4 is 29.3 Å². The number of cyclic esters (lactones) is 1. The fourth-order valence-corrected chi connectivity index (χ4v) is 3.40. The fraction of sp³-hybridized carbons (Fsp3) is 0.120. The third kappa shape index (κ3) is 5.20. The number of aliphatic imine (C=N–C) groups is 1.